The van der Waals surface area contributed by atoms with Gasteiger partial charge in [-0.2, -0.15) is 0 Å². The Kier molecular flexibility index (Phi) is 5.92. The van der Waals surface area contributed by atoms with Gasteiger partial charge in [-0.25, -0.2) is 9.69 Å². The van der Waals surface area contributed by atoms with E-state index in [1.54, 1.807) is 24.3 Å². The molecule has 0 spiro atoms. The lowest BCUT2D eigenvalue weighted by Gasteiger charge is -2.26. The van der Waals surface area contributed by atoms with Gasteiger partial charge in [-0.3, -0.25) is 9.59 Å². The van der Waals surface area contributed by atoms with Crippen LogP contribution < -0.4 is 29.7 Å². The molecular formula is C22H23N3O6. The molecule has 0 bridgehead atoms. The van der Waals surface area contributed by atoms with Crippen LogP contribution in [-0.2, 0) is 9.59 Å². The van der Waals surface area contributed by atoms with Crippen molar-refractivity contribution in [2.24, 2.45) is 0 Å². The Labute approximate surface area is 179 Å². The number of amides is 4. The fourth-order valence-corrected chi connectivity index (χ4v) is 3.46. The van der Waals surface area contributed by atoms with E-state index in [9.17, 15) is 14.4 Å². The zero-order valence-corrected chi connectivity index (χ0v) is 17.0. The number of benzene rings is 2. The van der Waals surface area contributed by atoms with Gasteiger partial charge in [-0.1, -0.05) is 12.1 Å². The van der Waals surface area contributed by atoms with Crippen LogP contribution in [0.2, 0.25) is 0 Å². The Morgan fingerprint density at radius 1 is 1.16 bits per heavy atom. The normalized spacial score (nSPS) is 19.7. The summed E-state index contributed by atoms with van der Waals surface area (Å²) in [6.07, 6.45) is 0.00261. The number of imide groups is 1. The van der Waals surface area contributed by atoms with Gasteiger partial charge < -0.3 is 24.8 Å². The zero-order valence-electron chi connectivity index (χ0n) is 17.0. The Hall–Kier alpha value is -3.75. The van der Waals surface area contributed by atoms with E-state index >= 15 is 0 Å². The molecule has 2 atom stereocenters. The number of carbonyl (C=O) groups is 3. The van der Waals surface area contributed by atoms with Crippen LogP contribution >= 0.6 is 0 Å². The van der Waals surface area contributed by atoms with Crippen LogP contribution in [0.15, 0.2) is 48.5 Å². The van der Waals surface area contributed by atoms with Gasteiger partial charge >= 0.3 is 6.03 Å². The van der Waals surface area contributed by atoms with E-state index in [0.29, 0.717) is 29.5 Å². The van der Waals surface area contributed by atoms with Crippen molar-refractivity contribution in [1.82, 2.24) is 10.6 Å². The Morgan fingerprint density at radius 3 is 2.65 bits per heavy atom. The maximum absolute atomic E-state index is 12.6. The molecule has 2 aliphatic heterocycles. The predicted molar refractivity (Wildman–Crippen MR) is 111 cm³/mol. The fourth-order valence-electron chi connectivity index (χ4n) is 3.46. The van der Waals surface area contributed by atoms with Gasteiger partial charge in [0.05, 0.1) is 19.3 Å². The first-order valence-corrected chi connectivity index (χ1v) is 9.99. The second kappa shape index (κ2) is 8.95. The number of urea groups is 1. The van der Waals surface area contributed by atoms with Gasteiger partial charge in [0, 0.05) is 6.42 Å². The summed E-state index contributed by atoms with van der Waals surface area (Å²) < 4.78 is 16.5. The van der Waals surface area contributed by atoms with Gasteiger partial charge in [-0.05, 0) is 42.8 Å². The zero-order chi connectivity index (χ0) is 21.8. The van der Waals surface area contributed by atoms with Crippen molar-refractivity contribution < 1.29 is 28.6 Å². The maximum atomic E-state index is 12.6. The van der Waals surface area contributed by atoms with E-state index < -0.39 is 12.1 Å². The van der Waals surface area contributed by atoms with Gasteiger partial charge in [-0.15, -0.1) is 0 Å². The number of carbonyl (C=O) groups excluding carboxylic acids is 3. The summed E-state index contributed by atoms with van der Waals surface area (Å²) in [5.41, 5.74) is 0.449. The van der Waals surface area contributed by atoms with E-state index in [2.05, 4.69) is 10.6 Å². The molecule has 9 nitrogen and oxygen atoms in total. The van der Waals surface area contributed by atoms with Crippen LogP contribution in [0.3, 0.4) is 0 Å². The molecule has 2 aliphatic rings. The summed E-state index contributed by atoms with van der Waals surface area (Å²) in [7, 11) is 1.54. The number of hydrogen-bond acceptors (Lipinski definition) is 6. The molecule has 9 heteroatoms. The molecule has 0 radical (unpaired) electrons. The molecule has 2 N–H and O–H groups in total. The number of fused-ring (bicyclic) bond motifs is 1. The minimum Gasteiger partial charge on any atom is -0.497 e. The molecule has 2 aromatic carbocycles. The lowest BCUT2D eigenvalue weighted by atomic mass is 10.1. The summed E-state index contributed by atoms with van der Waals surface area (Å²) in [4.78, 5) is 38.2. The van der Waals surface area contributed by atoms with Crippen molar-refractivity contribution >= 4 is 23.5 Å². The Bertz CT molecular complexity index is 977. The third kappa shape index (κ3) is 4.55. The molecule has 1 unspecified atom stereocenters. The molecule has 4 rings (SSSR count). The first kappa shape index (κ1) is 20.5. The molecule has 4 amide bonds. The first-order valence-electron chi connectivity index (χ1n) is 9.99. The average molecular weight is 425 g/mol. The smallest absolute Gasteiger partial charge is 0.329 e. The summed E-state index contributed by atoms with van der Waals surface area (Å²) in [5.74, 6) is 1.34. The Balaban J connectivity index is 1.25. The highest BCUT2D eigenvalue weighted by atomic mass is 16.6. The van der Waals surface area contributed by atoms with Crippen molar-refractivity contribution in [3.8, 4) is 17.2 Å². The van der Waals surface area contributed by atoms with Gasteiger partial charge in [0.25, 0.3) is 5.91 Å². The van der Waals surface area contributed by atoms with E-state index in [1.807, 2.05) is 24.3 Å². The Morgan fingerprint density at radius 2 is 1.90 bits per heavy atom. The van der Waals surface area contributed by atoms with Gasteiger partial charge in [0.15, 0.2) is 11.5 Å². The monoisotopic (exact) mass is 425 g/mol. The highest BCUT2D eigenvalue weighted by Gasteiger charge is 2.39. The lowest BCUT2D eigenvalue weighted by Crippen LogP contribution is -2.41. The van der Waals surface area contributed by atoms with Crippen LogP contribution in [0.5, 0.6) is 17.2 Å². The first-order chi connectivity index (χ1) is 15.0. The van der Waals surface area contributed by atoms with Crippen molar-refractivity contribution in [2.45, 2.75) is 25.0 Å². The standard InChI is InChI=1S/C22H23N3O6/c1-29-15-8-6-14(7-9-15)25-21(27)17(24-22(25)28)10-11-20(26)23-12-16-13-30-18-4-2-3-5-19(18)31-16/h2-9,16-17H,10-13H2,1H3,(H,23,26)(H,24,28)/t16?,17-/m0/s1. The largest absolute Gasteiger partial charge is 0.497 e. The molecule has 0 saturated carbocycles. The molecule has 0 aliphatic carbocycles. The van der Waals surface area contributed by atoms with E-state index in [0.717, 1.165) is 4.90 Å². The predicted octanol–water partition coefficient (Wildman–Crippen LogP) is 1.86. The van der Waals surface area contributed by atoms with Crippen molar-refractivity contribution in [1.29, 1.82) is 0 Å². The minimum absolute atomic E-state index is 0.0945. The topological polar surface area (TPSA) is 106 Å². The third-order valence-corrected chi connectivity index (χ3v) is 5.10. The highest BCUT2D eigenvalue weighted by Crippen LogP contribution is 2.30. The molecule has 2 aromatic rings. The van der Waals surface area contributed by atoms with E-state index in [4.69, 9.17) is 14.2 Å². The van der Waals surface area contributed by atoms with Crippen LogP contribution in [0, 0.1) is 0 Å². The second-order valence-corrected chi connectivity index (χ2v) is 7.21. The van der Waals surface area contributed by atoms with Crippen molar-refractivity contribution in [2.75, 3.05) is 25.2 Å². The number of nitrogens with zero attached hydrogens (tertiary/aromatic N) is 1. The minimum atomic E-state index is -0.749. The van der Waals surface area contributed by atoms with Crippen LogP contribution in [-0.4, -0.2) is 50.3 Å². The summed E-state index contributed by atoms with van der Waals surface area (Å²) >= 11 is 0. The summed E-state index contributed by atoms with van der Waals surface area (Å²) in [6, 6.07) is 12.7. The van der Waals surface area contributed by atoms with E-state index in [-0.39, 0.29) is 37.3 Å². The molecule has 1 fully saturated rings. The van der Waals surface area contributed by atoms with Crippen LogP contribution in [0.25, 0.3) is 0 Å². The lowest BCUT2D eigenvalue weighted by molar-refractivity contribution is -0.122. The van der Waals surface area contributed by atoms with E-state index in [1.165, 1.54) is 7.11 Å². The molecule has 162 valence electrons. The summed E-state index contributed by atoms with van der Waals surface area (Å²) in [6.45, 7) is 0.626. The quantitative estimate of drug-likeness (QED) is 0.656. The van der Waals surface area contributed by atoms with Gasteiger partial charge in [0.1, 0.15) is 24.5 Å². The van der Waals surface area contributed by atoms with Crippen LogP contribution in [0.1, 0.15) is 12.8 Å². The average Bonchev–Trinajstić information content (AvgIpc) is 3.09. The van der Waals surface area contributed by atoms with Crippen LogP contribution in [0.4, 0.5) is 10.5 Å². The summed E-state index contributed by atoms with van der Waals surface area (Å²) in [5, 5.41) is 5.43. The molecule has 2 heterocycles. The number of anilines is 1. The molecular weight excluding hydrogens is 402 g/mol. The maximum Gasteiger partial charge on any atom is 0.329 e. The molecule has 1 saturated heterocycles. The molecule has 0 aromatic heterocycles. The second-order valence-electron chi connectivity index (χ2n) is 7.21. The van der Waals surface area contributed by atoms with Crippen molar-refractivity contribution in [3.05, 3.63) is 48.5 Å². The SMILES string of the molecule is COc1ccc(N2C(=O)N[C@@H](CCC(=O)NCC3COc4ccccc4O3)C2=O)cc1. The number of ether oxygens (including phenoxy) is 3. The number of para-hydroxylation sites is 2. The highest BCUT2D eigenvalue weighted by molar-refractivity contribution is 6.21. The number of hydrogen-bond donors (Lipinski definition) is 2. The molecule has 31 heavy (non-hydrogen) atoms. The van der Waals surface area contributed by atoms with Gasteiger partial charge in [0.2, 0.25) is 5.91 Å². The number of methoxy groups -OCH3 is 1. The number of rotatable bonds is 7. The fraction of sp³-hybridized carbons (Fsp3) is 0.318. The number of nitrogens with one attached hydrogen (secondary N) is 2. The van der Waals surface area contributed by atoms with Crippen molar-refractivity contribution in [3.63, 3.8) is 0 Å². The third-order valence-electron chi connectivity index (χ3n) is 5.10.